The van der Waals surface area contributed by atoms with Gasteiger partial charge in [0.05, 0.1) is 0 Å². The van der Waals surface area contributed by atoms with Crippen molar-refractivity contribution in [2.24, 2.45) is 0 Å². The molecule has 1 aliphatic rings. The molecule has 2 N–H and O–H groups in total. The number of carbonyl (C=O) groups is 1. The van der Waals surface area contributed by atoms with E-state index in [1.54, 1.807) is 6.07 Å². The third-order valence-electron chi connectivity index (χ3n) is 1.95. The number of hydrogen-bond acceptors (Lipinski definition) is 3. The lowest BCUT2D eigenvalue weighted by atomic mass is 10.1. The topological polar surface area (TPSA) is 49.3 Å². The zero-order chi connectivity index (χ0) is 10.6. The van der Waals surface area contributed by atoms with Gasteiger partial charge >= 0.3 is 5.97 Å². The van der Waals surface area contributed by atoms with Crippen LogP contribution in [0.4, 0.5) is 0 Å². The predicted molar refractivity (Wildman–Crippen MR) is 58.0 cm³/mol. The van der Waals surface area contributed by atoms with Gasteiger partial charge in [0.15, 0.2) is 0 Å². The molecule has 0 aromatic carbocycles. The van der Waals surface area contributed by atoms with Gasteiger partial charge < -0.3 is 10.4 Å². The number of rotatable bonds is 1. The number of nitrogens with one attached hydrogen (secondary N) is 1. The first-order chi connectivity index (χ1) is 6.77. The van der Waals surface area contributed by atoms with Crippen molar-refractivity contribution in [2.45, 2.75) is 26.8 Å². The van der Waals surface area contributed by atoms with Crippen LogP contribution in [0.1, 0.15) is 34.0 Å². The summed E-state index contributed by atoms with van der Waals surface area (Å²) >= 11 is 1.40. The Kier molecular flexibility index (Phi) is 4.10. The minimum atomic E-state index is -0.811. The summed E-state index contributed by atoms with van der Waals surface area (Å²) in [6, 6.07) is 1.77. The molecule has 0 aliphatic carbocycles. The van der Waals surface area contributed by atoms with Gasteiger partial charge in [-0.15, -0.1) is 11.3 Å². The van der Waals surface area contributed by atoms with Gasteiger partial charge in [-0.25, -0.2) is 4.79 Å². The maximum Gasteiger partial charge on any atom is 0.345 e. The molecule has 2 rings (SSSR count). The molecule has 0 unspecified atom stereocenters. The van der Waals surface area contributed by atoms with Crippen LogP contribution in [0.5, 0.6) is 0 Å². The molecule has 78 valence electrons. The van der Waals surface area contributed by atoms with Crippen molar-refractivity contribution in [1.29, 1.82) is 0 Å². The molecule has 0 atom stereocenters. The second-order valence-corrected chi connectivity index (χ2v) is 3.93. The van der Waals surface area contributed by atoms with Crippen molar-refractivity contribution in [3.8, 4) is 0 Å². The van der Waals surface area contributed by atoms with Crippen LogP contribution in [0, 0.1) is 0 Å². The molecule has 0 saturated carbocycles. The molecule has 3 nitrogen and oxygen atoms in total. The number of fused-ring (bicyclic) bond motifs is 1. The van der Waals surface area contributed by atoms with Gasteiger partial charge in [-0.1, -0.05) is 13.8 Å². The van der Waals surface area contributed by atoms with Crippen LogP contribution in [0.15, 0.2) is 6.07 Å². The lowest BCUT2D eigenvalue weighted by Crippen LogP contribution is -2.21. The average molecular weight is 213 g/mol. The highest BCUT2D eigenvalue weighted by molar-refractivity contribution is 7.14. The average Bonchev–Trinajstić information content (AvgIpc) is 2.64. The lowest BCUT2D eigenvalue weighted by molar-refractivity contribution is 0.0702. The fourth-order valence-corrected chi connectivity index (χ4v) is 2.38. The molecule has 0 amide bonds. The summed E-state index contributed by atoms with van der Waals surface area (Å²) in [6.45, 7) is 5.78. The molecule has 1 aliphatic heterocycles. The monoisotopic (exact) mass is 213 g/mol. The molecular formula is C10H15NO2S. The van der Waals surface area contributed by atoms with Crippen molar-refractivity contribution >= 4 is 17.3 Å². The SMILES string of the molecule is CC.O=C(O)c1cc2c(s1)CCNC2. The van der Waals surface area contributed by atoms with E-state index in [2.05, 4.69) is 5.32 Å². The van der Waals surface area contributed by atoms with Crippen LogP contribution < -0.4 is 5.32 Å². The minimum absolute atomic E-state index is 0.462. The highest BCUT2D eigenvalue weighted by Crippen LogP contribution is 2.24. The number of hydrogen-bond donors (Lipinski definition) is 2. The Morgan fingerprint density at radius 3 is 2.86 bits per heavy atom. The molecule has 4 heteroatoms. The largest absolute Gasteiger partial charge is 0.477 e. The summed E-state index contributed by atoms with van der Waals surface area (Å²) in [6.07, 6.45) is 0.966. The van der Waals surface area contributed by atoms with Crippen molar-refractivity contribution in [1.82, 2.24) is 5.32 Å². The number of carboxylic acid groups (broad SMARTS) is 1. The van der Waals surface area contributed by atoms with Gasteiger partial charge in [0.2, 0.25) is 0 Å². The van der Waals surface area contributed by atoms with Gasteiger partial charge in [-0.3, -0.25) is 0 Å². The van der Waals surface area contributed by atoms with E-state index in [0.29, 0.717) is 4.88 Å². The maximum atomic E-state index is 10.6. The van der Waals surface area contributed by atoms with Crippen molar-refractivity contribution in [3.05, 3.63) is 21.4 Å². The molecule has 0 spiro atoms. The van der Waals surface area contributed by atoms with E-state index in [9.17, 15) is 4.79 Å². The third kappa shape index (κ3) is 2.33. The summed E-state index contributed by atoms with van der Waals surface area (Å²) in [5.74, 6) is -0.811. The smallest absolute Gasteiger partial charge is 0.345 e. The van der Waals surface area contributed by atoms with Gasteiger partial charge in [0, 0.05) is 18.0 Å². The summed E-state index contributed by atoms with van der Waals surface area (Å²) < 4.78 is 0. The van der Waals surface area contributed by atoms with Crippen LogP contribution in [0.25, 0.3) is 0 Å². The Bertz CT molecular complexity index is 296. The fraction of sp³-hybridized carbons (Fsp3) is 0.500. The van der Waals surface area contributed by atoms with Crippen LogP contribution in [0.2, 0.25) is 0 Å². The van der Waals surface area contributed by atoms with E-state index in [1.807, 2.05) is 13.8 Å². The van der Waals surface area contributed by atoms with Gasteiger partial charge in [0.1, 0.15) is 4.88 Å². The Morgan fingerprint density at radius 1 is 1.57 bits per heavy atom. The van der Waals surface area contributed by atoms with Crippen molar-refractivity contribution in [2.75, 3.05) is 6.54 Å². The standard InChI is InChI=1S/C8H9NO2S.C2H6/c10-8(11)7-3-5-4-9-2-1-6(5)12-7;1-2/h3,9H,1-2,4H2,(H,10,11);1-2H3. The zero-order valence-electron chi connectivity index (χ0n) is 8.46. The Balaban J connectivity index is 0.000000461. The number of carboxylic acids is 1. The Labute approximate surface area is 87.8 Å². The highest BCUT2D eigenvalue weighted by Gasteiger charge is 2.15. The van der Waals surface area contributed by atoms with E-state index in [-0.39, 0.29) is 0 Å². The maximum absolute atomic E-state index is 10.6. The summed E-state index contributed by atoms with van der Waals surface area (Å²) in [5.41, 5.74) is 1.16. The number of aromatic carboxylic acids is 1. The first-order valence-electron chi connectivity index (χ1n) is 4.83. The van der Waals surface area contributed by atoms with Crippen molar-refractivity contribution in [3.63, 3.8) is 0 Å². The van der Waals surface area contributed by atoms with E-state index < -0.39 is 5.97 Å². The van der Waals surface area contributed by atoms with E-state index in [4.69, 9.17) is 5.11 Å². The second kappa shape index (κ2) is 5.12. The molecule has 1 aromatic heterocycles. The van der Waals surface area contributed by atoms with Crippen LogP contribution in [-0.2, 0) is 13.0 Å². The van der Waals surface area contributed by atoms with E-state index in [1.165, 1.54) is 16.2 Å². The lowest BCUT2D eigenvalue weighted by Gasteiger charge is -2.10. The molecule has 0 fully saturated rings. The summed E-state index contributed by atoms with van der Waals surface area (Å²) in [7, 11) is 0. The predicted octanol–water partition coefficient (Wildman–Crippen LogP) is 2.12. The molecule has 0 saturated heterocycles. The Morgan fingerprint density at radius 2 is 2.29 bits per heavy atom. The van der Waals surface area contributed by atoms with Gasteiger partial charge in [-0.05, 0) is 18.1 Å². The first kappa shape index (κ1) is 11.2. The summed E-state index contributed by atoms with van der Waals surface area (Å²) in [5, 5.41) is 11.9. The van der Waals surface area contributed by atoms with Gasteiger partial charge in [0.25, 0.3) is 0 Å². The van der Waals surface area contributed by atoms with Crippen LogP contribution >= 0.6 is 11.3 Å². The second-order valence-electron chi connectivity index (χ2n) is 2.79. The van der Waals surface area contributed by atoms with Gasteiger partial charge in [-0.2, -0.15) is 0 Å². The molecule has 2 heterocycles. The fourth-order valence-electron chi connectivity index (χ4n) is 1.36. The Hall–Kier alpha value is -0.870. The zero-order valence-corrected chi connectivity index (χ0v) is 9.28. The normalized spacial score (nSPS) is 13.9. The van der Waals surface area contributed by atoms with E-state index >= 15 is 0 Å². The quantitative estimate of drug-likeness (QED) is 0.751. The molecular weight excluding hydrogens is 198 g/mol. The minimum Gasteiger partial charge on any atom is -0.477 e. The molecule has 14 heavy (non-hydrogen) atoms. The van der Waals surface area contributed by atoms with Crippen molar-refractivity contribution < 1.29 is 9.90 Å². The molecule has 0 bridgehead atoms. The number of thiophene rings is 1. The van der Waals surface area contributed by atoms with E-state index in [0.717, 1.165) is 25.1 Å². The first-order valence-corrected chi connectivity index (χ1v) is 5.64. The van der Waals surface area contributed by atoms with Crippen LogP contribution in [-0.4, -0.2) is 17.6 Å². The summed E-state index contributed by atoms with van der Waals surface area (Å²) in [4.78, 5) is 12.3. The molecule has 1 aromatic rings. The highest BCUT2D eigenvalue weighted by atomic mass is 32.1. The molecule has 0 radical (unpaired) electrons. The van der Waals surface area contributed by atoms with Crippen LogP contribution in [0.3, 0.4) is 0 Å². The third-order valence-corrected chi connectivity index (χ3v) is 3.18.